The maximum absolute atomic E-state index is 13.9. The molecule has 4 atom stereocenters. The molecule has 0 bridgehead atoms. The van der Waals surface area contributed by atoms with Gasteiger partial charge < -0.3 is 20.1 Å². The van der Waals surface area contributed by atoms with Crippen LogP contribution in [0.2, 0.25) is 0 Å². The number of benzene rings is 3. The minimum Gasteiger partial charge on any atom is -0.508 e. The Kier molecular flexibility index (Phi) is 10.3. The number of ether oxygens (including phenoxy) is 1. The molecule has 3 N–H and O–H groups in total. The Balaban J connectivity index is 1.49. The number of rotatable bonds is 10. The molecule has 1 heterocycles. The van der Waals surface area contributed by atoms with Crippen molar-refractivity contribution in [3.63, 3.8) is 0 Å². The normalized spacial score (nSPS) is 20.9. The molecule has 0 spiro atoms. The van der Waals surface area contributed by atoms with Crippen LogP contribution in [0.4, 0.5) is 32.0 Å². The number of hydrogen-bond donors (Lipinski definition) is 3. The number of halogens is 6. The van der Waals surface area contributed by atoms with Crippen LogP contribution in [0.15, 0.2) is 89.5 Å². The molecule has 3 aromatic carbocycles. The molecule has 260 valence electrons. The number of fused-ring (bicyclic) bond motifs is 1. The zero-order valence-corrected chi connectivity index (χ0v) is 26.1. The highest BCUT2D eigenvalue weighted by molar-refractivity contribution is 6.22. The molecule has 5 rings (SSSR count). The van der Waals surface area contributed by atoms with E-state index in [1.165, 1.54) is 12.1 Å². The number of alkyl halides is 6. The van der Waals surface area contributed by atoms with E-state index >= 15 is 0 Å². The molecule has 0 radical (unpaired) electrons. The molecule has 0 aromatic heterocycles. The van der Waals surface area contributed by atoms with E-state index in [9.17, 15) is 51.3 Å². The van der Waals surface area contributed by atoms with Gasteiger partial charge in [0.15, 0.2) is 0 Å². The summed E-state index contributed by atoms with van der Waals surface area (Å²) in [5, 5.41) is 31.7. The molecule has 1 aliphatic carbocycles. The molecular formula is C36H33F6NO6. The average Bonchev–Trinajstić information content (AvgIpc) is 3.31. The van der Waals surface area contributed by atoms with Crippen molar-refractivity contribution in [3.05, 3.63) is 106 Å². The lowest BCUT2D eigenvalue weighted by atomic mass is 9.68. The first-order chi connectivity index (χ1) is 23.1. The molecular weight excluding hydrogens is 656 g/mol. The molecule has 0 saturated carbocycles. The molecule has 2 amide bonds. The standard InChI is InChI=1S/C36H33F6NO6/c1-20(13-21-8-10-26(45)11-9-21)7-12-30(46)31-22(19-49-27-5-3-2-4-6-27)14-28-32(29(31)18-44)34(48)43(33(28)47)25-16-23(35(37,38)39)15-24(17-25)36(40,41)42/h2-6,8-11,13,15-17,28-30,32,44-46H,7,12,14,18-19H2,1H3/b20-13+/t28-,29+,30-,32-/m1/s1. The van der Waals surface area contributed by atoms with Crippen molar-refractivity contribution in [1.29, 1.82) is 0 Å². The molecule has 1 fully saturated rings. The molecule has 1 aliphatic heterocycles. The number of aliphatic hydroxyl groups is 2. The first kappa shape index (κ1) is 35.7. The second kappa shape index (κ2) is 14.1. The highest BCUT2D eigenvalue weighted by atomic mass is 19.4. The lowest BCUT2D eigenvalue weighted by Crippen LogP contribution is -2.40. The number of hydrogen-bond acceptors (Lipinski definition) is 6. The van der Waals surface area contributed by atoms with E-state index in [-0.39, 0.29) is 36.8 Å². The zero-order chi connectivity index (χ0) is 35.7. The van der Waals surface area contributed by atoms with Gasteiger partial charge in [-0.25, -0.2) is 4.90 Å². The number of imide groups is 1. The van der Waals surface area contributed by atoms with Crippen LogP contribution in [0.25, 0.3) is 6.08 Å². The van der Waals surface area contributed by atoms with Gasteiger partial charge in [-0.05, 0) is 85.4 Å². The van der Waals surface area contributed by atoms with E-state index in [2.05, 4.69) is 0 Å². The first-order valence-corrected chi connectivity index (χ1v) is 15.4. The Morgan fingerprint density at radius 2 is 1.55 bits per heavy atom. The molecule has 7 nitrogen and oxygen atoms in total. The third kappa shape index (κ3) is 7.83. The second-order valence-electron chi connectivity index (χ2n) is 12.2. The molecule has 13 heteroatoms. The highest BCUT2D eigenvalue weighted by Crippen LogP contribution is 2.48. The number of nitrogens with zero attached hydrogens (tertiary/aromatic N) is 1. The smallest absolute Gasteiger partial charge is 0.416 e. The van der Waals surface area contributed by atoms with Crippen molar-refractivity contribution in [2.45, 2.75) is 44.6 Å². The van der Waals surface area contributed by atoms with E-state index < -0.39 is 71.4 Å². The number of aromatic hydroxyl groups is 1. The van der Waals surface area contributed by atoms with Gasteiger partial charge in [0.1, 0.15) is 18.1 Å². The number of phenolic OH excluding ortho intramolecular Hbond substituents is 1. The van der Waals surface area contributed by atoms with Crippen molar-refractivity contribution < 1.29 is 56.0 Å². The molecule has 3 aromatic rings. The largest absolute Gasteiger partial charge is 0.508 e. The summed E-state index contributed by atoms with van der Waals surface area (Å²) < 4.78 is 87.9. The summed E-state index contributed by atoms with van der Waals surface area (Å²) in [6.45, 7) is 0.921. The van der Waals surface area contributed by atoms with Gasteiger partial charge >= 0.3 is 12.4 Å². The Morgan fingerprint density at radius 1 is 0.939 bits per heavy atom. The minimum absolute atomic E-state index is 0.0920. The van der Waals surface area contributed by atoms with Crippen LogP contribution in [0.5, 0.6) is 11.5 Å². The predicted octanol–water partition coefficient (Wildman–Crippen LogP) is 7.17. The van der Waals surface area contributed by atoms with Crippen molar-refractivity contribution in [1.82, 2.24) is 0 Å². The monoisotopic (exact) mass is 689 g/mol. The summed E-state index contributed by atoms with van der Waals surface area (Å²) in [6.07, 6.45) is -9.54. The Labute approximate surface area is 277 Å². The number of carbonyl (C=O) groups excluding carboxylic acids is 2. The number of aliphatic hydroxyl groups excluding tert-OH is 2. The first-order valence-electron chi connectivity index (χ1n) is 15.4. The van der Waals surface area contributed by atoms with Gasteiger partial charge in [0.25, 0.3) is 0 Å². The summed E-state index contributed by atoms with van der Waals surface area (Å²) >= 11 is 0. The van der Waals surface area contributed by atoms with Crippen molar-refractivity contribution in [3.8, 4) is 11.5 Å². The predicted molar refractivity (Wildman–Crippen MR) is 167 cm³/mol. The quantitative estimate of drug-likeness (QED) is 0.118. The van der Waals surface area contributed by atoms with Crippen LogP contribution in [0.3, 0.4) is 0 Å². The van der Waals surface area contributed by atoms with Gasteiger partial charge in [0, 0.05) is 5.92 Å². The molecule has 0 unspecified atom stereocenters. The van der Waals surface area contributed by atoms with Gasteiger partial charge in [-0.15, -0.1) is 0 Å². The summed E-state index contributed by atoms with van der Waals surface area (Å²) in [7, 11) is 0. The maximum Gasteiger partial charge on any atom is 0.416 e. The minimum atomic E-state index is -5.21. The van der Waals surface area contributed by atoms with Crippen molar-refractivity contribution in [2.24, 2.45) is 17.8 Å². The average molecular weight is 690 g/mol. The van der Waals surface area contributed by atoms with E-state index in [1.54, 1.807) is 42.5 Å². The Morgan fingerprint density at radius 3 is 2.12 bits per heavy atom. The van der Waals surface area contributed by atoms with Gasteiger partial charge in [-0.2, -0.15) is 26.3 Å². The van der Waals surface area contributed by atoms with Crippen LogP contribution < -0.4 is 9.64 Å². The molecule has 2 aliphatic rings. The lowest BCUT2D eigenvalue weighted by Gasteiger charge is -2.36. The number of para-hydroxylation sites is 1. The summed E-state index contributed by atoms with van der Waals surface area (Å²) in [6, 6.07) is 15.5. The molecule has 49 heavy (non-hydrogen) atoms. The van der Waals surface area contributed by atoms with Crippen LogP contribution >= 0.6 is 0 Å². The SMILES string of the molecule is C/C(=C\c1ccc(O)cc1)CC[C@@H](O)C1=C(COc2ccccc2)C[C@H]2C(=O)N(c3cc(C(F)(F)F)cc(C(F)(F)F)c3)C(=O)[C@H]2[C@H]1CO. The fraction of sp³-hybridized carbons (Fsp3) is 0.333. The van der Waals surface area contributed by atoms with E-state index in [1.807, 2.05) is 13.0 Å². The Bertz CT molecular complexity index is 1720. The van der Waals surface area contributed by atoms with Crippen LogP contribution in [-0.4, -0.2) is 46.5 Å². The second-order valence-corrected chi connectivity index (χ2v) is 12.2. The third-order valence-electron chi connectivity index (χ3n) is 8.85. The van der Waals surface area contributed by atoms with Crippen molar-refractivity contribution >= 4 is 23.6 Å². The van der Waals surface area contributed by atoms with E-state index in [0.29, 0.717) is 34.8 Å². The molecule has 1 saturated heterocycles. The topological polar surface area (TPSA) is 107 Å². The number of carbonyl (C=O) groups is 2. The fourth-order valence-corrected chi connectivity index (χ4v) is 6.55. The van der Waals surface area contributed by atoms with Gasteiger partial charge in [0.05, 0.1) is 41.4 Å². The third-order valence-corrected chi connectivity index (χ3v) is 8.85. The van der Waals surface area contributed by atoms with Gasteiger partial charge in [-0.1, -0.05) is 42.0 Å². The fourth-order valence-electron chi connectivity index (χ4n) is 6.55. The number of phenols is 1. The maximum atomic E-state index is 13.9. The van der Waals surface area contributed by atoms with Gasteiger partial charge in [-0.3, -0.25) is 9.59 Å². The number of amides is 2. The summed E-state index contributed by atoms with van der Waals surface area (Å²) in [5.41, 5.74) is -1.98. The van der Waals surface area contributed by atoms with E-state index in [0.717, 1.165) is 11.1 Å². The summed E-state index contributed by atoms with van der Waals surface area (Å²) in [4.78, 5) is 27.9. The van der Waals surface area contributed by atoms with Crippen LogP contribution in [-0.2, 0) is 21.9 Å². The van der Waals surface area contributed by atoms with E-state index in [4.69, 9.17) is 4.74 Å². The van der Waals surface area contributed by atoms with Gasteiger partial charge in [0.2, 0.25) is 11.8 Å². The summed E-state index contributed by atoms with van der Waals surface area (Å²) in [5.74, 6) is -5.33. The zero-order valence-electron chi connectivity index (χ0n) is 26.1. The highest BCUT2D eigenvalue weighted by Gasteiger charge is 2.56. The van der Waals surface area contributed by atoms with Crippen molar-refractivity contribution in [2.75, 3.05) is 18.1 Å². The lowest BCUT2D eigenvalue weighted by molar-refractivity contribution is -0.143. The van der Waals surface area contributed by atoms with Crippen LogP contribution in [0.1, 0.15) is 42.9 Å². The number of anilines is 1. The van der Waals surface area contributed by atoms with Crippen LogP contribution in [0, 0.1) is 17.8 Å². The number of allylic oxidation sites excluding steroid dienone is 1. The Hall–Kier alpha value is -4.62.